The molecule has 6 rings (SSSR count). The van der Waals surface area contributed by atoms with Gasteiger partial charge in [0.05, 0.1) is 16.3 Å². The van der Waals surface area contributed by atoms with Crippen LogP contribution in [0.3, 0.4) is 0 Å². The fourth-order valence-corrected chi connectivity index (χ4v) is 6.72. The van der Waals surface area contributed by atoms with Crippen molar-refractivity contribution < 1.29 is 5.11 Å². The summed E-state index contributed by atoms with van der Waals surface area (Å²) in [4.78, 5) is 20.5. The van der Waals surface area contributed by atoms with Gasteiger partial charge in [-0.05, 0) is 59.7 Å². The zero-order valence-electron chi connectivity index (χ0n) is 16.8. The van der Waals surface area contributed by atoms with E-state index < -0.39 is 0 Å². The normalized spacial score (nSPS) is 17.5. The van der Waals surface area contributed by atoms with Crippen LogP contribution in [0, 0.1) is 0 Å². The number of nitrogens with zero attached hydrogens (tertiary/aromatic N) is 2. The Kier molecular flexibility index (Phi) is 4.78. The number of hydrogen-bond donors (Lipinski definition) is 1. The van der Waals surface area contributed by atoms with Crippen molar-refractivity contribution in [1.29, 1.82) is 0 Å². The Morgan fingerprint density at radius 2 is 2.00 bits per heavy atom. The van der Waals surface area contributed by atoms with E-state index in [4.69, 9.17) is 4.99 Å². The summed E-state index contributed by atoms with van der Waals surface area (Å²) in [5.74, 6) is 0.141. The van der Waals surface area contributed by atoms with Gasteiger partial charge < -0.3 is 5.11 Å². The average molecular weight is 521 g/mol. The summed E-state index contributed by atoms with van der Waals surface area (Å²) in [6, 6.07) is 17.6. The van der Waals surface area contributed by atoms with Gasteiger partial charge in [0.15, 0.2) is 4.80 Å². The second-order valence-corrected chi connectivity index (χ2v) is 10.7. The first-order valence-electron chi connectivity index (χ1n) is 10.2. The number of halogens is 1. The van der Waals surface area contributed by atoms with E-state index in [2.05, 4.69) is 51.6 Å². The summed E-state index contributed by atoms with van der Waals surface area (Å²) in [7, 11) is 0. The lowest BCUT2D eigenvalue weighted by Gasteiger charge is -2.30. The molecule has 32 heavy (non-hydrogen) atoms. The summed E-state index contributed by atoms with van der Waals surface area (Å²) in [6.07, 6.45) is 3.59. The number of benzene rings is 2. The topological polar surface area (TPSA) is 54.6 Å². The van der Waals surface area contributed by atoms with E-state index in [1.807, 2.05) is 16.7 Å². The molecule has 2 aliphatic rings. The third-order valence-electron chi connectivity index (χ3n) is 5.96. The second kappa shape index (κ2) is 7.69. The van der Waals surface area contributed by atoms with Crippen LogP contribution < -0.4 is 14.9 Å². The molecule has 0 fully saturated rings. The molecule has 0 radical (unpaired) electrons. The van der Waals surface area contributed by atoms with Crippen molar-refractivity contribution in [2.75, 3.05) is 0 Å². The molecule has 1 aliphatic carbocycles. The van der Waals surface area contributed by atoms with Crippen LogP contribution in [-0.4, -0.2) is 9.67 Å². The maximum Gasteiger partial charge on any atom is 0.271 e. The van der Waals surface area contributed by atoms with Crippen molar-refractivity contribution in [3.63, 3.8) is 0 Å². The summed E-state index contributed by atoms with van der Waals surface area (Å²) >= 11 is 6.49. The predicted octanol–water partition coefficient (Wildman–Crippen LogP) is 4.85. The predicted molar refractivity (Wildman–Crippen MR) is 133 cm³/mol. The van der Waals surface area contributed by atoms with Crippen molar-refractivity contribution in [1.82, 2.24) is 4.57 Å². The van der Waals surface area contributed by atoms with Gasteiger partial charge in [-0.3, -0.25) is 9.36 Å². The first-order chi connectivity index (χ1) is 15.6. The molecule has 0 amide bonds. The molecule has 158 valence electrons. The molecule has 4 nitrogen and oxygen atoms in total. The molecule has 0 saturated heterocycles. The van der Waals surface area contributed by atoms with E-state index >= 15 is 0 Å². The van der Waals surface area contributed by atoms with Crippen LogP contribution in [0.1, 0.15) is 34.0 Å². The number of thiazole rings is 1. The zero-order valence-corrected chi connectivity index (χ0v) is 20.0. The van der Waals surface area contributed by atoms with Crippen LogP contribution in [-0.2, 0) is 6.42 Å². The van der Waals surface area contributed by atoms with Gasteiger partial charge in [0.2, 0.25) is 0 Å². The van der Waals surface area contributed by atoms with Gasteiger partial charge in [-0.15, -0.1) is 11.3 Å². The third-order valence-corrected chi connectivity index (χ3v) is 8.36. The molecular formula is C25H17BrN2O2S2. The number of rotatable bonds is 2. The summed E-state index contributed by atoms with van der Waals surface area (Å²) in [6.45, 7) is 0. The maximum absolute atomic E-state index is 13.6. The molecule has 4 aromatic rings. The highest BCUT2D eigenvalue weighted by atomic mass is 79.9. The molecule has 0 bridgehead atoms. The Balaban J connectivity index is 1.63. The van der Waals surface area contributed by atoms with E-state index in [9.17, 15) is 9.90 Å². The Morgan fingerprint density at radius 1 is 1.12 bits per heavy atom. The van der Waals surface area contributed by atoms with Crippen molar-refractivity contribution in [2.24, 2.45) is 4.99 Å². The smallest absolute Gasteiger partial charge is 0.271 e. The summed E-state index contributed by atoms with van der Waals surface area (Å²) < 4.78 is 3.24. The molecule has 1 atom stereocenters. The highest BCUT2D eigenvalue weighted by Crippen LogP contribution is 2.42. The first kappa shape index (κ1) is 19.9. The Labute approximate surface area is 200 Å². The highest BCUT2D eigenvalue weighted by Gasteiger charge is 2.32. The first-order valence-corrected chi connectivity index (χ1v) is 12.7. The number of allylic oxidation sites excluding steroid dienone is 1. The van der Waals surface area contributed by atoms with E-state index in [1.54, 1.807) is 29.5 Å². The molecule has 1 N–H and O–H groups in total. The minimum absolute atomic E-state index is 0.0723. The van der Waals surface area contributed by atoms with E-state index in [0.29, 0.717) is 14.9 Å². The van der Waals surface area contributed by atoms with Gasteiger partial charge in [-0.2, -0.15) is 0 Å². The lowest BCUT2D eigenvalue weighted by atomic mass is 9.85. The van der Waals surface area contributed by atoms with Gasteiger partial charge in [-0.1, -0.05) is 57.6 Å². The highest BCUT2D eigenvalue weighted by molar-refractivity contribution is 9.10. The minimum Gasteiger partial charge on any atom is -0.507 e. The number of aromatic nitrogens is 1. The van der Waals surface area contributed by atoms with Crippen LogP contribution in [0.4, 0.5) is 0 Å². The second-order valence-electron chi connectivity index (χ2n) is 7.83. The number of phenolic OH excluding ortho intramolecular Hbond substituents is 1. The van der Waals surface area contributed by atoms with E-state index in [0.717, 1.165) is 33.5 Å². The maximum atomic E-state index is 13.6. The lowest BCUT2D eigenvalue weighted by molar-refractivity contribution is 0.474. The van der Waals surface area contributed by atoms with Crippen LogP contribution in [0.5, 0.6) is 5.75 Å². The van der Waals surface area contributed by atoms with Gasteiger partial charge in [-0.25, -0.2) is 4.99 Å². The van der Waals surface area contributed by atoms with Crippen LogP contribution >= 0.6 is 38.6 Å². The number of hydrogen-bond acceptors (Lipinski definition) is 5. The standard InChI is InChI=1S/C25H17BrN2O2S2/c26-16-8-10-19(29)15(12-16)13-21-24(30)28-23(20-6-3-11-31-20)18-9-7-14-4-1-2-5-17(14)22(18)27-25(28)32-21/h1-6,8,10-13,23,29H,7,9H2. The molecule has 7 heteroatoms. The number of thiophene rings is 1. The molecule has 0 saturated carbocycles. The monoisotopic (exact) mass is 520 g/mol. The molecule has 3 heterocycles. The number of aryl methyl sites for hydroxylation is 1. The van der Waals surface area contributed by atoms with Gasteiger partial charge in [0, 0.05) is 20.5 Å². The van der Waals surface area contributed by atoms with Crippen molar-refractivity contribution >= 4 is 50.4 Å². The quantitative estimate of drug-likeness (QED) is 0.410. The zero-order chi connectivity index (χ0) is 21.8. The molecule has 1 aliphatic heterocycles. The van der Waals surface area contributed by atoms with Crippen molar-refractivity contribution in [3.05, 3.63) is 111 Å². The molecule has 2 aromatic heterocycles. The van der Waals surface area contributed by atoms with Gasteiger partial charge >= 0.3 is 0 Å². The minimum atomic E-state index is -0.145. The number of fused-ring (bicyclic) bond motifs is 3. The van der Waals surface area contributed by atoms with Crippen LogP contribution in [0.2, 0.25) is 0 Å². The van der Waals surface area contributed by atoms with Gasteiger partial charge in [0.1, 0.15) is 5.75 Å². The third kappa shape index (κ3) is 3.15. The van der Waals surface area contributed by atoms with E-state index in [1.165, 1.54) is 22.5 Å². The Morgan fingerprint density at radius 3 is 2.84 bits per heavy atom. The van der Waals surface area contributed by atoms with Crippen molar-refractivity contribution in [3.8, 4) is 5.75 Å². The molecular weight excluding hydrogens is 504 g/mol. The number of phenols is 1. The lowest BCUT2D eigenvalue weighted by Crippen LogP contribution is -2.38. The Hall–Kier alpha value is -2.74. The SMILES string of the molecule is O=c1c(=Cc2cc(Br)ccc2O)sc2n1C(c1cccs1)C1=C(N=2)c2ccccc2CC1. The summed E-state index contributed by atoms with van der Waals surface area (Å²) in [5, 5.41) is 12.3. The molecule has 0 spiro atoms. The molecule has 2 aromatic carbocycles. The van der Waals surface area contributed by atoms with E-state index in [-0.39, 0.29) is 17.4 Å². The fourth-order valence-electron chi connectivity index (χ4n) is 4.50. The van der Waals surface area contributed by atoms with Crippen molar-refractivity contribution in [2.45, 2.75) is 18.9 Å². The number of aromatic hydroxyl groups is 1. The van der Waals surface area contributed by atoms with Crippen LogP contribution in [0.15, 0.2) is 79.8 Å². The average Bonchev–Trinajstić information content (AvgIpc) is 3.43. The van der Waals surface area contributed by atoms with Gasteiger partial charge in [0.25, 0.3) is 5.56 Å². The molecule has 1 unspecified atom stereocenters. The van der Waals surface area contributed by atoms with Crippen LogP contribution in [0.25, 0.3) is 11.8 Å². The fraction of sp³-hybridized carbons (Fsp3) is 0.120. The Bertz CT molecular complexity index is 1580. The summed E-state index contributed by atoms with van der Waals surface area (Å²) in [5.41, 5.74) is 5.21. The largest absolute Gasteiger partial charge is 0.507 e.